The molecular weight excluding hydrogens is 266 g/mol. The van der Waals surface area contributed by atoms with Crippen molar-refractivity contribution < 1.29 is 0 Å². The second-order valence-electron chi connectivity index (χ2n) is 5.95. The molecule has 0 saturated heterocycles. The third-order valence-electron chi connectivity index (χ3n) is 3.65. The van der Waals surface area contributed by atoms with Crippen LogP contribution in [0.15, 0.2) is 48.5 Å². The van der Waals surface area contributed by atoms with Crippen molar-refractivity contribution in [2.24, 2.45) is 0 Å². The maximum absolute atomic E-state index is 6.26. The molecular formula is C18H22ClN. The lowest BCUT2D eigenvalue weighted by atomic mass is 9.84. The normalized spacial score (nSPS) is 11.6. The third kappa shape index (κ3) is 3.84. The number of hydrogen-bond acceptors (Lipinski definition) is 1. The van der Waals surface area contributed by atoms with Gasteiger partial charge in [0.15, 0.2) is 0 Å². The summed E-state index contributed by atoms with van der Waals surface area (Å²) in [5, 5.41) is 4.36. The van der Waals surface area contributed by atoms with Crippen LogP contribution in [0.4, 0.5) is 0 Å². The van der Waals surface area contributed by atoms with E-state index >= 15 is 0 Å². The number of benzene rings is 2. The molecule has 0 fully saturated rings. The molecule has 0 radical (unpaired) electrons. The molecule has 0 aliphatic carbocycles. The molecule has 2 aromatic rings. The van der Waals surface area contributed by atoms with Gasteiger partial charge in [0.2, 0.25) is 0 Å². The van der Waals surface area contributed by atoms with E-state index in [0.717, 1.165) is 23.7 Å². The zero-order chi connectivity index (χ0) is 14.6. The van der Waals surface area contributed by atoms with Crippen molar-refractivity contribution in [2.75, 3.05) is 6.54 Å². The molecule has 2 rings (SSSR count). The van der Waals surface area contributed by atoms with E-state index in [-0.39, 0.29) is 5.41 Å². The van der Waals surface area contributed by atoms with E-state index in [4.69, 9.17) is 11.6 Å². The molecule has 1 N–H and O–H groups in total. The number of nitrogens with one attached hydrogen (secondary N) is 1. The molecule has 0 aromatic heterocycles. The van der Waals surface area contributed by atoms with Crippen LogP contribution in [0.25, 0.3) is 0 Å². The Hall–Kier alpha value is -1.31. The van der Waals surface area contributed by atoms with Gasteiger partial charge >= 0.3 is 0 Å². The lowest BCUT2D eigenvalue weighted by Gasteiger charge is -2.26. The first kappa shape index (κ1) is 15.1. The monoisotopic (exact) mass is 287 g/mol. The van der Waals surface area contributed by atoms with Gasteiger partial charge < -0.3 is 5.32 Å². The molecule has 1 nitrogen and oxygen atoms in total. The Bertz CT molecular complexity index is 561. The summed E-state index contributed by atoms with van der Waals surface area (Å²) in [5.41, 5.74) is 3.81. The summed E-state index contributed by atoms with van der Waals surface area (Å²) in [7, 11) is 0. The number of hydrogen-bond donors (Lipinski definition) is 1. The molecule has 0 amide bonds. The quantitative estimate of drug-likeness (QED) is 0.839. The fourth-order valence-electron chi connectivity index (χ4n) is 2.30. The molecule has 0 spiro atoms. The molecule has 0 aliphatic rings. The van der Waals surface area contributed by atoms with E-state index in [1.165, 1.54) is 11.1 Å². The minimum Gasteiger partial charge on any atom is -0.312 e. The maximum Gasteiger partial charge on any atom is 0.0453 e. The van der Waals surface area contributed by atoms with Crippen LogP contribution in [0.3, 0.4) is 0 Å². The Morgan fingerprint density at radius 3 is 2.40 bits per heavy atom. The molecule has 0 atom stereocenters. The summed E-state index contributed by atoms with van der Waals surface area (Å²) in [5.74, 6) is 0. The van der Waals surface area contributed by atoms with Crippen molar-refractivity contribution in [3.63, 3.8) is 0 Å². The molecule has 0 unspecified atom stereocenters. The van der Waals surface area contributed by atoms with E-state index in [1.807, 2.05) is 6.07 Å². The van der Waals surface area contributed by atoms with Gasteiger partial charge in [-0.15, -0.1) is 0 Å². The number of halogens is 1. The smallest absolute Gasteiger partial charge is 0.0453 e. The first-order chi connectivity index (χ1) is 9.49. The van der Waals surface area contributed by atoms with Gasteiger partial charge in [-0.3, -0.25) is 0 Å². The molecule has 2 aromatic carbocycles. The molecule has 106 valence electrons. The Balaban J connectivity index is 1.95. The van der Waals surface area contributed by atoms with Gasteiger partial charge in [-0.05, 0) is 29.7 Å². The molecule has 0 heterocycles. The summed E-state index contributed by atoms with van der Waals surface area (Å²) in [6, 6.07) is 16.8. The minimum absolute atomic E-state index is 0.110. The zero-order valence-electron chi connectivity index (χ0n) is 12.4. The molecule has 0 aliphatic heterocycles. The largest absolute Gasteiger partial charge is 0.312 e. The lowest BCUT2D eigenvalue weighted by Crippen LogP contribution is -2.32. The predicted octanol–water partition coefficient (Wildman–Crippen LogP) is 4.72. The molecule has 0 saturated carbocycles. The zero-order valence-corrected chi connectivity index (χ0v) is 13.2. The molecule has 2 heteroatoms. The van der Waals surface area contributed by atoms with Crippen molar-refractivity contribution in [2.45, 2.75) is 32.7 Å². The van der Waals surface area contributed by atoms with Gasteiger partial charge in [-0.25, -0.2) is 0 Å². The van der Waals surface area contributed by atoms with Crippen LogP contribution in [0.1, 0.15) is 30.5 Å². The first-order valence-corrected chi connectivity index (χ1v) is 7.38. The minimum atomic E-state index is 0.110. The van der Waals surface area contributed by atoms with Crippen LogP contribution >= 0.6 is 11.6 Å². The first-order valence-electron chi connectivity index (χ1n) is 7.00. The highest BCUT2D eigenvalue weighted by molar-refractivity contribution is 6.31. The summed E-state index contributed by atoms with van der Waals surface area (Å²) in [6.07, 6.45) is 0. The average molecular weight is 288 g/mol. The third-order valence-corrected chi connectivity index (χ3v) is 4.00. The van der Waals surface area contributed by atoms with Crippen molar-refractivity contribution in [1.82, 2.24) is 5.32 Å². The summed E-state index contributed by atoms with van der Waals surface area (Å²) >= 11 is 6.26. The SMILES string of the molecule is Cc1ccc(CNCC(C)(C)c2ccccc2)c(Cl)c1. The van der Waals surface area contributed by atoms with Crippen molar-refractivity contribution >= 4 is 11.6 Å². The Morgan fingerprint density at radius 1 is 1.05 bits per heavy atom. The van der Waals surface area contributed by atoms with Gasteiger partial charge in [-0.1, -0.05) is 67.9 Å². The Morgan fingerprint density at radius 2 is 1.75 bits per heavy atom. The van der Waals surface area contributed by atoms with Crippen molar-refractivity contribution in [3.8, 4) is 0 Å². The van der Waals surface area contributed by atoms with Crippen LogP contribution in [-0.2, 0) is 12.0 Å². The maximum atomic E-state index is 6.26. The number of rotatable bonds is 5. The van der Waals surface area contributed by atoms with E-state index in [0.29, 0.717) is 0 Å². The molecule has 20 heavy (non-hydrogen) atoms. The highest BCUT2D eigenvalue weighted by atomic mass is 35.5. The van der Waals surface area contributed by atoms with Gasteiger partial charge in [0.1, 0.15) is 0 Å². The summed E-state index contributed by atoms with van der Waals surface area (Å²) in [4.78, 5) is 0. The highest BCUT2D eigenvalue weighted by Crippen LogP contribution is 2.22. The van der Waals surface area contributed by atoms with Crippen molar-refractivity contribution in [3.05, 3.63) is 70.2 Å². The Labute approximate surface area is 127 Å². The Kier molecular flexibility index (Phi) is 4.85. The fraction of sp³-hybridized carbons (Fsp3) is 0.333. The van der Waals surface area contributed by atoms with E-state index in [2.05, 4.69) is 68.6 Å². The van der Waals surface area contributed by atoms with E-state index in [1.54, 1.807) is 0 Å². The second kappa shape index (κ2) is 6.43. The standard InChI is InChI=1S/C18H22ClN/c1-14-9-10-15(17(19)11-14)12-20-13-18(2,3)16-7-5-4-6-8-16/h4-11,20H,12-13H2,1-3H3. The number of aryl methyl sites for hydroxylation is 1. The topological polar surface area (TPSA) is 12.0 Å². The second-order valence-corrected chi connectivity index (χ2v) is 6.36. The summed E-state index contributed by atoms with van der Waals surface area (Å²) in [6.45, 7) is 8.29. The van der Waals surface area contributed by atoms with Gasteiger partial charge in [0, 0.05) is 23.5 Å². The van der Waals surface area contributed by atoms with Gasteiger partial charge in [0.05, 0.1) is 0 Å². The van der Waals surface area contributed by atoms with Crippen LogP contribution < -0.4 is 5.32 Å². The summed E-state index contributed by atoms with van der Waals surface area (Å²) < 4.78 is 0. The van der Waals surface area contributed by atoms with E-state index in [9.17, 15) is 0 Å². The van der Waals surface area contributed by atoms with Crippen LogP contribution in [-0.4, -0.2) is 6.54 Å². The van der Waals surface area contributed by atoms with Crippen molar-refractivity contribution in [1.29, 1.82) is 0 Å². The highest BCUT2D eigenvalue weighted by Gasteiger charge is 2.19. The van der Waals surface area contributed by atoms with Crippen LogP contribution in [0, 0.1) is 6.92 Å². The van der Waals surface area contributed by atoms with Gasteiger partial charge in [-0.2, -0.15) is 0 Å². The van der Waals surface area contributed by atoms with Gasteiger partial charge in [0.25, 0.3) is 0 Å². The average Bonchev–Trinajstić information content (AvgIpc) is 2.42. The van der Waals surface area contributed by atoms with Crippen LogP contribution in [0.5, 0.6) is 0 Å². The lowest BCUT2D eigenvalue weighted by molar-refractivity contribution is 0.469. The predicted molar refractivity (Wildman–Crippen MR) is 87.4 cm³/mol. The van der Waals surface area contributed by atoms with Crippen LogP contribution in [0.2, 0.25) is 5.02 Å². The molecule has 0 bridgehead atoms. The van der Waals surface area contributed by atoms with E-state index < -0.39 is 0 Å². The fourth-order valence-corrected chi connectivity index (χ4v) is 2.60.